The Hall–Kier alpha value is -3.83. The van der Waals surface area contributed by atoms with Crippen molar-refractivity contribution >= 4 is 11.7 Å². The number of hydrogen-bond acceptors (Lipinski definition) is 4. The highest BCUT2D eigenvalue weighted by Crippen LogP contribution is 2.22. The zero-order chi connectivity index (χ0) is 22.9. The van der Waals surface area contributed by atoms with Crippen molar-refractivity contribution in [3.05, 3.63) is 114 Å². The normalized spacial score (nSPS) is 10.7. The van der Waals surface area contributed by atoms with Gasteiger partial charge in [-0.05, 0) is 36.0 Å². The predicted octanol–water partition coefficient (Wildman–Crippen LogP) is 4.99. The number of benzene rings is 3. The molecule has 1 heterocycles. The Morgan fingerprint density at radius 1 is 0.758 bits per heavy atom. The van der Waals surface area contributed by atoms with Crippen molar-refractivity contribution in [1.82, 2.24) is 9.97 Å². The fourth-order valence-corrected chi connectivity index (χ4v) is 3.63. The van der Waals surface area contributed by atoms with Gasteiger partial charge >= 0.3 is 0 Å². The van der Waals surface area contributed by atoms with Crippen molar-refractivity contribution < 1.29 is 9.90 Å². The summed E-state index contributed by atoms with van der Waals surface area (Å²) in [6.07, 6.45) is 4.21. The van der Waals surface area contributed by atoms with E-state index >= 15 is 0 Å². The minimum Gasteiger partial charge on any atom is -0.392 e. The Morgan fingerprint density at radius 2 is 1.39 bits per heavy atom. The van der Waals surface area contributed by atoms with Crippen LogP contribution in [0.4, 0.5) is 5.82 Å². The van der Waals surface area contributed by atoms with Crippen LogP contribution in [0.3, 0.4) is 0 Å². The highest BCUT2D eigenvalue weighted by molar-refractivity contribution is 5.90. The van der Waals surface area contributed by atoms with Crippen LogP contribution in [0.5, 0.6) is 0 Å². The summed E-state index contributed by atoms with van der Waals surface area (Å²) in [5, 5.41) is 12.3. The maximum Gasteiger partial charge on any atom is 0.225 e. The second-order valence-corrected chi connectivity index (χ2v) is 7.92. The van der Waals surface area contributed by atoms with E-state index in [9.17, 15) is 9.90 Å². The fraction of sp³-hybridized carbons (Fsp3) is 0.179. The average molecular weight is 438 g/mol. The zero-order valence-electron chi connectivity index (χ0n) is 18.4. The van der Waals surface area contributed by atoms with Crippen molar-refractivity contribution in [1.29, 1.82) is 0 Å². The van der Waals surface area contributed by atoms with Gasteiger partial charge in [0.2, 0.25) is 5.91 Å². The van der Waals surface area contributed by atoms with Gasteiger partial charge in [-0.1, -0.05) is 84.9 Å². The van der Waals surface area contributed by atoms with Crippen LogP contribution in [0, 0.1) is 0 Å². The summed E-state index contributed by atoms with van der Waals surface area (Å²) in [5.74, 6) is 0.439. The summed E-state index contributed by atoms with van der Waals surface area (Å²) in [4.78, 5) is 22.0. The number of amides is 1. The monoisotopic (exact) mass is 437 g/mol. The van der Waals surface area contributed by atoms with Crippen LogP contribution >= 0.6 is 0 Å². The molecule has 1 aromatic heterocycles. The number of aromatic nitrogens is 2. The number of hydrogen-bond donors (Lipinski definition) is 2. The summed E-state index contributed by atoms with van der Waals surface area (Å²) >= 11 is 0. The van der Waals surface area contributed by atoms with Crippen molar-refractivity contribution in [2.75, 3.05) is 5.32 Å². The first-order chi connectivity index (χ1) is 16.2. The Morgan fingerprint density at radius 3 is 2.03 bits per heavy atom. The molecule has 3 aromatic carbocycles. The molecule has 0 aliphatic heterocycles. The third kappa shape index (κ3) is 6.34. The highest BCUT2D eigenvalue weighted by atomic mass is 16.3. The Kier molecular flexibility index (Phi) is 7.56. The van der Waals surface area contributed by atoms with Crippen LogP contribution in [0.15, 0.2) is 91.1 Å². The van der Waals surface area contributed by atoms with Gasteiger partial charge in [0.05, 0.1) is 24.2 Å². The molecule has 0 aliphatic carbocycles. The number of aryl methyl sites for hydroxylation is 3. The lowest BCUT2D eigenvalue weighted by molar-refractivity contribution is -0.116. The Balaban J connectivity index is 1.52. The number of carbonyl (C=O) groups is 1. The molecule has 4 rings (SSSR count). The van der Waals surface area contributed by atoms with E-state index in [2.05, 4.69) is 22.4 Å². The van der Waals surface area contributed by atoms with Gasteiger partial charge in [-0.15, -0.1) is 0 Å². The summed E-state index contributed by atoms with van der Waals surface area (Å²) in [6, 6.07) is 27.8. The standard InChI is InChI=1S/C28H27N3O2/c32-20-23-11-15-24(16-12-23)26-19-29-28(25(30-26)17-13-21-7-3-1-4-8-21)31-27(33)18-14-22-9-5-2-6-10-22/h1-12,15-16,19,32H,13-14,17-18,20H2,(H,29,31,33). The first kappa shape index (κ1) is 22.4. The van der Waals surface area contributed by atoms with E-state index in [0.29, 0.717) is 25.1 Å². The van der Waals surface area contributed by atoms with Crippen LogP contribution in [0.25, 0.3) is 11.3 Å². The number of rotatable bonds is 9. The molecule has 5 nitrogen and oxygen atoms in total. The Bertz CT molecular complexity index is 1180. The number of aliphatic hydroxyl groups excluding tert-OH is 1. The molecule has 0 saturated heterocycles. The van der Waals surface area contributed by atoms with E-state index in [0.717, 1.165) is 34.5 Å². The zero-order valence-corrected chi connectivity index (χ0v) is 18.4. The number of carbonyl (C=O) groups excluding carboxylic acids is 1. The molecule has 33 heavy (non-hydrogen) atoms. The lowest BCUT2D eigenvalue weighted by atomic mass is 10.1. The van der Waals surface area contributed by atoms with Gasteiger partial charge in [-0.2, -0.15) is 0 Å². The van der Waals surface area contributed by atoms with Gasteiger partial charge in [-0.25, -0.2) is 9.97 Å². The largest absolute Gasteiger partial charge is 0.392 e. The molecule has 0 atom stereocenters. The van der Waals surface area contributed by atoms with E-state index in [4.69, 9.17) is 4.98 Å². The quantitative estimate of drug-likeness (QED) is 0.387. The molecule has 166 valence electrons. The van der Waals surface area contributed by atoms with E-state index < -0.39 is 0 Å². The van der Waals surface area contributed by atoms with Gasteiger partial charge in [0.25, 0.3) is 0 Å². The summed E-state index contributed by atoms with van der Waals surface area (Å²) in [6.45, 7) is 0.00222. The topological polar surface area (TPSA) is 75.1 Å². The van der Waals surface area contributed by atoms with Gasteiger partial charge < -0.3 is 10.4 Å². The van der Waals surface area contributed by atoms with Crippen molar-refractivity contribution in [2.45, 2.75) is 32.3 Å². The number of nitrogens with one attached hydrogen (secondary N) is 1. The molecule has 0 radical (unpaired) electrons. The SMILES string of the molecule is O=C(CCc1ccccc1)Nc1ncc(-c2ccc(CO)cc2)nc1CCc1ccccc1. The van der Waals surface area contributed by atoms with Crippen LogP contribution < -0.4 is 5.32 Å². The lowest BCUT2D eigenvalue weighted by Crippen LogP contribution is -2.16. The smallest absolute Gasteiger partial charge is 0.225 e. The molecule has 4 aromatic rings. The second-order valence-electron chi connectivity index (χ2n) is 7.92. The number of anilines is 1. The van der Waals surface area contributed by atoms with E-state index in [1.807, 2.05) is 72.8 Å². The molecule has 0 unspecified atom stereocenters. The number of nitrogens with zero attached hydrogens (tertiary/aromatic N) is 2. The predicted molar refractivity (Wildman–Crippen MR) is 131 cm³/mol. The highest BCUT2D eigenvalue weighted by Gasteiger charge is 2.13. The van der Waals surface area contributed by atoms with Crippen molar-refractivity contribution in [3.8, 4) is 11.3 Å². The Labute approximate surface area is 194 Å². The molecular weight excluding hydrogens is 410 g/mol. The van der Waals surface area contributed by atoms with Crippen molar-refractivity contribution in [3.63, 3.8) is 0 Å². The van der Waals surface area contributed by atoms with E-state index in [1.165, 1.54) is 5.56 Å². The third-order valence-electron chi connectivity index (χ3n) is 5.51. The van der Waals surface area contributed by atoms with Crippen LogP contribution in [0.1, 0.15) is 28.8 Å². The van der Waals surface area contributed by atoms with Gasteiger partial charge in [0.15, 0.2) is 5.82 Å². The molecular formula is C28H27N3O2. The average Bonchev–Trinajstić information content (AvgIpc) is 2.88. The summed E-state index contributed by atoms with van der Waals surface area (Å²) < 4.78 is 0. The fourth-order valence-electron chi connectivity index (χ4n) is 3.63. The molecule has 1 amide bonds. The van der Waals surface area contributed by atoms with Gasteiger partial charge in [0.1, 0.15) is 0 Å². The molecule has 0 aliphatic rings. The summed E-state index contributed by atoms with van der Waals surface area (Å²) in [5.41, 5.74) is 5.60. The van der Waals surface area contributed by atoms with Crippen LogP contribution in [0.2, 0.25) is 0 Å². The maximum atomic E-state index is 12.6. The molecule has 0 fully saturated rings. The third-order valence-corrected chi connectivity index (χ3v) is 5.51. The molecule has 0 spiro atoms. The van der Waals surface area contributed by atoms with Crippen LogP contribution in [-0.2, 0) is 30.7 Å². The molecule has 2 N–H and O–H groups in total. The van der Waals surface area contributed by atoms with E-state index in [1.54, 1.807) is 6.20 Å². The second kappa shape index (κ2) is 11.2. The molecule has 0 bridgehead atoms. The molecule has 5 heteroatoms. The van der Waals surface area contributed by atoms with Gasteiger partial charge in [0, 0.05) is 12.0 Å². The lowest BCUT2D eigenvalue weighted by Gasteiger charge is -2.12. The van der Waals surface area contributed by atoms with Crippen LogP contribution in [-0.4, -0.2) is 21.0 Å². The molecule has 0 saturated carbocycles. The first-order valence-corrected chi connectivity index (χ1v) is 11.1. The van der Waals surface area contributed by atoms with E-state index in [-0.39, 0.29) is 12.5 Å². The van der Waals surface area contributed by atoms with Crippen molar-refractivity contribution in [2.24, 2.45) is 0 Å². The summed E-state index contributed by atoms with van der Waals surface area (Å²) in [7, 11) is 0. The minimum atomic E-state index is -0.0748. The number of aliphatic hydroxyl groups is 1. The maximum absolute atomic E-state index is 12.6. The first-order valence-electron chi connectivity index (χ1n) is 11.1. The van der Waals surface area contributed by atoms with Gasteiger partial charge in [-0.3, -0.25) is 4.79 Å². The minimum absolute atomic E-state index is 0.00222.